The summed E-state index contributed by atoms with van der Waals surface area (Å²) in [6.07, 6.45) is 0.994. The minimum Gasteiger partial charge on any atom is -0.427 e. The number of hydrogen-bond acceptors (Lipinski definition) is 9. The third kappa shape index (κ3) is 10.3. The molecular formula is C33H32Cl2N2O8. The first-order valence-corrected chi connectivity index (χ1v) is 14.5. The number of hydrogen-bond donors (Lipinski definition) is 1. The molecule has 0 aliphatic carbocycles. The van der Waals surface area contributed by atoms with Gasteiger partial charge in [-0.1, -0.05) is 56.1 Å². The first-order chi connectivity index (χ1) is 21.0. The lowest BCUT2D eigenvalue weighted by Crippen LogP contribution is -2.37. The van der Waals surface area contributed by atoms with E-state index in [0.717, 1.165) is 5.56 Å². The number of nitrogens with zero attached hydrogens (tertiary/aromatic N) is 1. The lowest BCUT2D eigenvalue weighted by Gasteiger charge is -2.18. The van der Waals surface area contributed by atoms with Crippen LogP contribution in [-0.4, -0.2) is 35.3 Å². The quantitative estimate of drug-likeness (QED) is 0.108. The van der Waals surface area contributed by atoms with Crippen molar-refractivity contribution in [2.45, 2.75) is 54.4 Å². The number of esters is 3. The number of carbonyl (C=O) groups is 5. The van der Waals surface area contributed by atoms with Crippen LogP contribution in [0.1, 0.15) is 52.7 Å². The van der Waals surface area contributed by atoms with Gasteiger partial charge in [0, 0.05) is 31.9 Å². The fraction of sp³-hybridized carbons (Fsp3) is 0.273. The van der Waals surface area contributed by atoms with E-state index in [9.17, 15) is 24.0 Å². The fourth-order valence-corrected chi connectivity index (χ4v) is 4.55. The molecule has 3 rings (SSSR count). The molecule has 0 aliphatic rings. The number of anilines is 1. The molecular weight excluding hydrogens is 623 g/mol. The van der Waals surface area contributed by atoms with Gasteiger partial charge in [0.2, 0.25) is 0 Å². The second-order valence-corrected chi connectivity index (χ2v) is 11.8. The van der Waals surface area contributed by atoms with Crippen LogP contribution < -0.4 is 19.5 Å². The number of Topliss-reactive ketones (excluding diaryl/α,β-unsaturated/α-hetero) is 1. The zero-order valence-corrected chi connectivity index (χ0v) is 27.1. The van der Waals surface area contributed by atoms with Crippen LogP contribution in [-0.2, 0) is 36.8 Å². The summed E-state index contributed by atoms with van der Waals surface area (Å²) in [4.78, 5) is 65.2. The standard InChI is InChI=1S/C33H32Cl2N2O8/c1-18(38)43-25-13-14-28(44-19(2)39)22(15-25)10-7-21-8-11-23(12-9-21)37-32(42)29(31(41)33(4,5)6)36-24-16-26(34)30(27(35)17-24)45-20(3)40/h8-9,11-17H,7,10H2,1-6H3,(H,37,42). The van der Waals surface area contributed by atoms with Crippen LogP contribution in [0.4, 0.5) is 11.4 Å². The van der Waals surface area contributed by atoms with Gasteiger partial charge in [-0.2, -0.15) is 0 Å². The Bertz CT molecular complexity index is 1650. The first kappa shape index (κ1) is 34.9. The van der Waals surface area contributed by atoms with Crippen LogP contribution in [0.3, 0.4) is 0 Å². The maximum Gasteiger partial charge on any atom is 0.308 e. The predicted octanol–water partition coefficient (Wildman–Crippen LogP) is 6.88. The number of nitrogens with one attached hydrogen (secondary N) is 1. The summed E-state index contributed by atoms with van der Waals surface area (Å²) < 4.78 is 15.5. The van der Waals surface area contributed by atoms with Crippen molar-refractivity contribution in [3.05, 3.63) is 75.8 Å². The normalized spacial score (nSPS) is 11.4. The van der Waals surface area contributed by atoms with E-state index in [0.29, 0.717) is 35.6 Å². The molecule has 0 unspecified atom stereocenters. The molecule has 1 amide bonds. The Hall–Kier alpha value is -4.54. The van der Waals surface area contributed by atoms with E-state index in [2.05, 4.69) is 10.3 Å². The summed E-state index contributed by atoms with van der Waals surface area (Å²) in [6.45, 7) is 8.77. The second-order valence-electron chi connectivity index (χ2n) is 11.0. The molecule has 0 bridgehead atoms. The van der Waals surface area contributed by atoms with Crippen molar-refractivity contribution in [2.24, 2.45) is 10.4 Å². The van der Waals surface area contributed by atoms with E-state index in [1.54, 1.807) is 63.2 Å². The zero-order valence-electron chi connectivity index (χ0n) is 25.6. The molecule has 45 heavy (non-hydrogen) atoms. The van der Waals surface area contributed by atoms with Gasteiger partial charge in [0.05, 0.1) is 15.7 Å². The van der Waals surface area contributed by atoms with Crippen molar-refractivity contribution < 1.29 is 38.2 Å². The Morgan fingerprint density at radius 2 is 1.33 bits per heavy atom. The van der Waals surface area contributed by atoms with Crippen LogP contribution in [0.25, 0.3) is 0 Å². The number of ketones is 1. The highest BCUT2D eigenvalue weighted by Gasteiger charge is 2.31. The highest BCUT2D eigenvalue weighted by Crippen LogP contribution is 2.37. The topological polar surface area (TPSA) is 137 Å². The summed E-state index contributed by atoms with van der Waals surface area (Å²) in [5.41, 5.74) is 0.787. The van der Waals surface area contributed by atoms with Gasteiger partial charge in [-0.15, -0.1) is 0 Å². The average Bonchev–Trinajstić information content (AvgIpc) is 2.93. The SMILES string of the molecule is CC(=O)Oc1ccc(OC(C)=O)c(CCc2ccc(NC(=O)C(=Nc3cc(Cl)c(OC(C)=O)c(Cl)c3)C(=O)C(C)(C)C)cc2)c1. The molecule has 0 atom stereocenters. The molecule has 0 fully saturated rings. The summed E-state index contributed by atoms with van der Waals surface area (Å²) >= 11 is 12.4. The molecule has 1 N–H and O–H groups in total. The molecule has 3 aromatic rings. The van der Waals surface area contributed by atoms with Crippen molar-refractivity contribution in [3.63, 3.8) is 0 Å². The molecule has 0 saturated carbocycles. The van der Waals surface area contributed by atoms with Crippen LogP contribution in [0.2, 0.25) is 10.0 Å². The van der Waals surface area contributed by atoms with Crippen molar-refractivity contribution in [2.75, 3.05) is 5.32 Å². The largest absolute Gasteiger partial charge is 0.427 e. The number of aliphatic imine (C=N–C) groups is 1. The van der Waals surface area contributed by atoms with Crippen LogP contribution in [0.15, 0.2) is 59.6 Å². The van der Waals surface area contributed by atoms with Gasteiger partial charge in [-0.3, -0.25) is 24.0 Å². The molecule has 12 heteroatoms. The van der Waals surface area contributed by atoms with E-state index in [-0.39, 0.29) is 27.2 Å². The minimum absolute atomic E-state index is 0.0203. The molecule has 236 valence electrons. The van der Waals surface area contributed by atoms with E-state index < -0.39 is 35.0 Å². The summed E-state index contributed by atoms with van der Waals surface area (Å²) in [5, 5.41) is 2.67. The Morgan fingerprint density at radius 3 is 1.87 bits per heavy atom. The lowest BCUT2D eigenvalue weighted by molar-refractivity contribution is -0.133. The molecule has 0 heterocycles. The van der Waals surface area contributed by atoms with Gasteiger partial charge in [0.15, 0.2) is 17.2 Å². The lowest BCUT2D eigenvalue weighted by atomic mass is 9.87. The average molecular weight is 656 g/mol. The molecule has 0 aromatic heterocycles. The number of carbonyl (C=O) groups excluding carboxylic acids is 5. The van der Waals surface area contributed by atoms with Crippen LogP contribution >= 0.6 is 23.2 Å². The van der Waals surface area contributed by atoms with E-state index in [1.165, 1.54) is 32.9 Å². The van der Waals surface area contributed by atoms with E-state index in [1.807, 2.05) is 0 Å². The Kier molecular flexibility index (Phi) is 11.6. The van der Waals surface area contributed by atoms with Gasteiger partial charge < -0.3 is 19.5 Å². The van der Waals surface area contributed by atoms with Crippen LogP contribution in [0.5, 0.6) is 17.2 Å². The minimum atomic E-state index is -0.941. The van der Waals surface area contributed by atoms with Gasteiger partial charge in [0.1, 0.15) is 11.5 Å². The molecule has 10 nitrogen and oxygen atoms in total. The van der Waals surface area contributed by atoms with E-state index in [4.69, 9.17) is 37.4 Å². The van der Waals surface area contributed by atoms with Crippen LogP contribution in [0, 0.1) is 5.41 Å². The second kappa shape index (κ2) is 15.0. The molecule has 3 aromatic carbocycles. The molecule has 0 spiro atoms. The number of benzene rings is 3. The number of ether oxygens (including phenoxy) is 3. The van der Waals surface area contributed by atoms with Crippen molar-refractivity contribution >= 4 is 69.9 Å². The summed E-state index contributed by atoms with van der Waals surface area (Å²) in [5.74, 6) is -2.20. The third-order valence-corrected chi connectivity index (χ3v) is 6.58. The van der Waals surface area contributed by atoms with E-state index >= 15 is 0 Å². The number of halogens is 2. The van der Waals surface area contributed by atoms with Crippen molar-refractivity contribution in [1.29, 1.82) is 0 Å². The first-order valence-electron chi connectivity index (χ1n) is 13.7. The molecule has 0 radical (unpaired) electrons. The highest BCUT2D eigenvalue weighted by molar-refractivity contribution is 6.68. The van der Waals surface area contributed by atoms with Gasteiger partial charge >= 0.3 is 17.9 Å². The smallest absolute Gasteiger partial charge is 0.308 e. The third-order valence-electron chi connectivity index (χ3n) is 6.02. The Labute approximate surface area is 270 Å². The van der Waals surface area contributed by atoms with Gasteiger partial charge in [0.25, 0.3) is 5.91 Å². The predicted molar refractivity (Wildman–Crippen MR) is 171 cm³/mol. The number of rotatable bonds is 10. The van der Waals surface area contributed by atoms with Gasteiger partial charge in [-0.25, -0.2) is 4.99 Å². The maximum absolute atomic E-state index is 13.3. The summed E-state index contributed by atoms with van der Waals surface area (Å²) in [7, 11) is 0. The Morgan fingerprint density at radius 1 is 0.756 bits per heavy atom. The van der Waals surface area contributed by atoms with Crippen molar-refractivity contribution in [1.82, 2.24) is 0 Å². The van der Waals surface area contributed by atoms with Gasteiger partial charge in [-0.05, 0) is 66.4 Å². The highest BCUT2D eigenvalue weighted by atomic mass is 35.5. The molecule has 0 saturated heterocycles. The van der Waals surface area contributed by atoms with Crippen molar-refractivity contribution in [3.8, 4) is 17.2 Å². The Balaban J connectivity index is 1.81. The molecule has 0 aliphatic heterocycles. The monoisotopic (exact) mass is 654 g/mol. The maximum atomic E-state index is 13.3. The summed E-state index contributed by atoms with van der Waals surface area (Å²) in [6, 6.07) is 14.4. The number of amides is 1. The number of aryl methyl sites for hydroxylation is 2. The fourth-order valence-electron chi connectivity index (χ4n) is 4.00. The zero-order chi connectivity index (χ0) is 33.5.